The number of aryl methyl sites for hydroxylation is 1. The van der Waals surface area contributed by atoms with Crippen molar-refractivity contribution in [3.05, 3.63) is 24.5 Å². The molecule has 4 heteroatoms. The molecule has 1 rings (SSSR count). The Morgan fingerprint density at radius 2 is 2.09 bits per heavy atom. The number of nitrogens with one attached hydrogen (secondary N) is 1. The number of aromatic nitrogens is 1. The monoisotopic (exact) mass is 153 g/mol. The van der Waals surface area contributed by atoms with Crippen LogP contribution in [0.25, 0.3) is 0 Å². The fourth-order valence-corrected chi connectivity index (χ4v) is 0.822. The van der Waals surface area contributed by atoms with Crippen molar-refractivity contribution in [1.29, 1.82) is 0 Å². The summed E-state index contributed by atoms with van der Waals surface area (Å²) in [4.78, 5) is 10.7. The molecule has 60 valence electrons. The van der Waals surface area contributed by atoms with E-state index in [9.17, 15) is 4.79 Å². The van der Waals surface area contributed by atoms with Crippen LogP contribution in [0.4, 0.5) is 0 Å². The molecule has 0 aliphatic carbocycles. The van der Waals surface area contributed by atoms with E-state index in [1.54, 1.807) is 0 Å². The third kappa shape index (κ3) is 2.43. The first-order chi connectivity index (χ1) is 5.33. The van der Waals surface area contributed by atoms with E-state index in [2.05, 4.69) is 5.43 Å². The van der Waals surface area contributed by atoms with Gasteiger partial charge in [0.15, 0.2) is 0 Å². The van der Waals surface area contributed by atoms with Gasteiger partial charge >= 0.3 is 0 Å². The fraction of sp³-hybridized carbons (Fsp3) is 0.286. The lowest BCUT2D eigenvalue weighted by molar-refractivity contribution is -0.121. The summed E-state index contributed by atoms with van der Waals surface area (Å²) in [6.45, 7) is 0.677. The molecule has 0 saturated carbocycles. The summed E-state index contributed by atoms with van der Waals surface area (Å²) in [6.07, 6.45) is 4.23. The van der Waals surface area contributed by atoms with Gasteiger partial charge < -0.3 is 4.57 Å². The molecule has 11 heavy (non-hydrogen) atoms. The Labute approximate surface area is 65.0 Å². The number of hydrogen-bond donors (Lipinski definition) is 2. The third-order valence-electron chi connectivity index (χ3n) is 1.42. The van der Waals surface area contributed by atoms with Crippen LogP contribution >= 0.6 is 0 Å². The molecule has 0 radical (unpaired) electrons. The number of hydrazine groups is 1. The number of amides is 1. The largest absolute Gasteiger partial charge is 0.354 e. The quantitative estimate of drug-likeness (QED) is 0.361. The Morgan fingerprint density at radius 1 is 1.45 bits per heavy atom. The second-order valence-corrected chi connectivity index (χ2v) is 2.24. The van der Waals surface area contributed by atoms with Gasteiger partial charge in [0.05, 0.1) is 0 Å². The van der Waals surface area contributed by atoms with Crippen LogP contribution in [0.1, 0.15) is 6.42 Å². The molecule has 0 fully saturated rings. The highest BCUT2D eigenvalue weighted by atomic mass is 16.2. The maximum Gasteiger partial charge on any atom is 0.235 e. The lowest BCUT2D eigenvalue weighted by atomic mass is 10.4. The van der Waals surface area contributed by atoms with Crippen LogP contribution in [-0.2, 0) is 11.3 Å². The standard InChI is InChI=1S/C7H11N3O/c8-9-7(11)3-6-10-4-1-2-5-10/h1-2,4-5H,3,6,8H2,(H,9,11). The Balaban J connectivity index is 2.29. The zero-order valence-electron chi connectivity index (χ0n) is 6.16. The summed E-state index contributed by atoms with van der Waals surface area (Å²) in [6, 6.07) is 3.83. The van der Waals surface area contributed by atoms with Gasteiger partial charge in [-0.15, -0.1) is 0 Å². The van der Waals surface area contributed by atoms with Crippen molar-refractivity contribution < 1.29 is 4.79 Å². The molecule has 0 aliphatic rings. The summed E-state index contributed by atoms with van der Waals surface area (Å²) < 4.78 is 1.93. The molecule has 1 aromatic rings. The number of carbonyl (C=O) groups is 1. The first-order valence-electron chi connectivity index (χ1n) is 3.43. The van der Waals surface area contributed by atoms with Gasteiger partial charge in [0, 0.05) is 25.4 Å². The molecule has 0 aliphatic heterocycles. The lowest BCUT2D eigenvalue weighted by Crippen LogP contribution is -2.30. The van der Waals surface area contributed by atoms with E-state index in [-0.39, 0.29) is 5.91 Å². The maximum atomic E-state index is 10.7. The van der Waals surface area contributed by atoms with Crippen LogP contribution < -0.4 is 11.3 Å². The van der Waals surface area contributed by atoms with E-state index >= 15 is 0 Å². The second kappa shape index (κ2) is 3.78. The first-order valence-corrected chi connectivity index (χ1v) is 3.43. The predicted octanol–water partition coefficient (Wildman–Crippen LogP) is -0.132. The molecule has 1 amide bonds. The maximum absolute atomic E-state index is 10.7. The normalized spacial score (nSPS) is 9.55. The van der Waals surface area contributed by atoms with Crippen LogP contribution in [0.3, 0.4) is 0 Å². The van der Waals surface area contributed by atoms with Gasteiger partial charge in [-0.3, -0.25) is 10.2 Å². The number of nitrogens with two attached hydrogens (primary N) is 1. The number of hydrogen-bond acceptors (Lipinski definition) is 2. The molecule has 0 aromatic carbocycles. The van der Waals surface area contributed by atoms with Crippen molar-refractivity contribution in [2.75, 3.05) is 0 Å². The van der Waals surface area contributed by atoms with Gasteiger partial charge in [-0.25, -0.2) is 5.84 Å². The molecule has 1 aromatic heterocycles. The minimum Gasteiger partial charge on any atom is -0.354 e. The van der Waals surface area contributed by atoms with Crippen molar-refractivity contribution in [3.63, 3.8) is 0 Å². The van der Waals surface area contributed by atoms with E-state index < -0.39 is 0 Å². The van der Waals surface area contributed by atoms with E-state index in [4.69, 9.17) is 5.84 Å². The van der Waals surface area contributed by atoms with Crippen LogP contribution in [-0.4, -0.2) is 10.5 Å². The number of carbonyl (C=O) groups excluding carboxylic acids is 1. The molecule has 0 bridgehead atoms. The molecule has 0 spiro atoms. The number of rotatable bonds is 3. The Kier molecular flexibility index (Phi) is 2.68. The minimum absolute atomic E-state index is 0.140. The van der Waals surface area contributed by atoms with E-state index in [0.29, 0.717) is 13.0 Å². The molecular formula is C7H11N3O. The smallest absolute Gasteiger partial charge is 0.235 e. The van der Waals surface area contributed by atoms with Crippen LogP contribution in [0.5, 0.6) is 0 Å². The van der Waals surface area contributed by atoms with E-state index in [0.717, 1.165) is 0 Å². The minimum atomic E-state index is -0.140. The van der Waals surface area contributed by atoms with Crippen LogP contribution in [0, 0.1) is 0 Å². The van der Waals surface area contributed by atoms with Crippen molar-refractivity contribution in [3.8, 4) is 0 Å². The van der Waals surface area contributed by atoms with Crippen molar-refractivity contribution in [2.45, 2.75) is 13.0 Å². The fourth-order valence-electron chi connectivity index (χ4n) is 0.822. The zero-order valence-corrected chi connectivity index (χ0v) is 6.16. The summed E-state index contributed by atoms with van der Waals surface area (Å²) in [5.74, 6) is 4.76. The molecule has 0 saturated heterocycles. The highest BCUT2D eigenvalue weighted by Crippen LogP contribution is 1.92. The van der Waals surface area contributed by atoms with Gasteiger partial charge in [0.2, 0.25) is 5.91 Å². The van der Waals surface area contributed by atoms with Crippen LogP contribution in [0.15, 0.2) is 24.5 Å². The Hall–Kier alpha value is -1.29. The Morgan fingerprint density at radius 3 is 2.64 bits per heavy atom. The average molecular weight is 153 g/mol. The molecule has 0 atom stereocenters. The van der Waals surface area contributed by atoms with E-state index in [1.165, 1.54) is 0 Å². The predicted molar refractivity (Wildman–Crippen MR) is 41.4 cm³/mol. The van der Waals surface area contributed by atoms with Crippen molar-refractivity contribution in [1.82, 2.24) is 9.99 Å². The summed E-state index contributed by atoms with van der Waals surface area (Å²) in [5.41, 5.74) is 2.08. The molecule has 4 nitrogen and oxygen atoms in total. The van der Waals surface area contributed by atoms with Gasteiger partial charge in [0.25, 0.3) is 0 Å². The van der Waals surface area contributed by atoms with Gasteiger partial charge in [-0.05, 0) is 12.1 Å². The SMILES string of the molecule is NNC(=O)CCn1cccc1. The third-order valence-corrected chi connectivity index (χ3v) is 1.42. The molecule has 1 heterocycles. The second-order valence-electron chi connectivity index (χ2n) is 2.24. The van der Waals surface area contributed by atoms with Crippen molar-refractivity contribution in [2.24, 2.45) is 5.84 Å². The average Bonchev–Trinajstić information content (AvgIpc) is 2.52. The number of nitrogens with zero attached hydrogens (tertiary/aromatic N) is 1. The zero-order chi connectivity index (χ0) is 8.10. The molecule has 0 unspecified atom stereocenters. The Bertz CT molecular complexity index is 218. The van der Waals surface area contributed by atoms with Gasteiger partial charge in [0.1, 0.15) is 0 Å². The van der Waals surface area contributed by atoms with Crippen molar-refractivity contribution >= 4 is 5.91 Å². The van der Waals surface area contributed by atoms with E-state index in [1.807, 2.05) is 29.1 Å². The molecule has 3 N–H and O–H groups in total. The topological polar surface area (TPSA) is 60.0 Å². The lowest BCUT2D eigenvalue weighted by Gasteiger charge is -2.00. The van der Waals surface area contributed by atoms with Crippen LogP contribution in [0.2, 0.25) is 0 Å². The summed E-state index contributed by atoms with van der Waals surface area (Å²) in [7, 11) is 0. The summed E-state index contributed by atoms with van der Waals surface area (Å²) in [5, 5.41) is 0. The summed E-state index contributed by atoms with van der Waals surface area (Å²) >= 11 is 0. The van der Waals surface area contributed by atoms with Gasteiger partial charge in [-0.1, -0.05) is 0 Å². The molecular weight excluding hydrogens is 142 g/mol. The highest BCUT2D eigenvalue weighted by Gasteiger charge is 1.96. The van der Waals surface area contributed by atoms with Gasteiger partial charge in [-0.2, -0.15) is 0 Å². The highest BCUT2D eigenvalue weighted by molar-refractivity contribution is 5.74. The first kappa shape index (κ1) is 7.81.